The largest absolute Gasteiger partial charge is 0.487 e. The number of anilines is 1. The topological polar surface area (TPSA) is 84.6 Å². The van der Waals surface area contributed by atoms with Gasteiger partial charge < -0.3 is 15.2 Å². The van der Waals surface area contributed by atoms with Crippen LogP contribution in [-0.4, -0.2) is 28.8 Å². The highest BCUT2D eigenvalue weighted by molar-refractivity contribution is 5.58. The lowest BCUT2D eigenvalue weighted by atomic mass is 10.0. The lowest BCUT2D eigenvalue weighted by Gasteiger charge is -2.26. The number of benzene rings is 1. The summed E-state index contributed by atoms with van der Waals surface area (Å²) < 4.78 is 5.28. The minimum absolute atomic E-state index is 0.0487. The average Bonchev–Trinajstić information content (AvgIpc) is 2.28. The Morgan fingerprint density at radius 2 is 2.16 bits per heavy atom. The first kappa shape index (κ1) is 15.2. The van der Waals surface area contributed by atoms with Gasteiger partial charge in [-0.1, -0.05) is 0 Å². The summed E-state index contributed by atoms with van der Waals surface area (Å²) in [5, 5.41) is 23.1. The summed E-state index contributed by atoms with van der Waals surface area (Å²) in [5.41, 5.74) is 0.383. The number of ether oxygens (including phenoxy) is 1. The van der Waals surface area contributed by atoms with Gasteiger partial charge in [0, 0.05) is 30.0 Å². The van der Waals surface area contributed by atoms with Crippen LogP contribution in [0.4, 0.5) is 11.4 Å². The molecule has 0 saturated heterocycles. The van der Waals surface area contributed by atoms with Crippen LogP contribution in [-0.2, 0) is 0 Å². The zero-order valence-corrected chi connectivity index (χ0v) is 11.5. The van der Waals surface area contributed by atoms with E-state index >= 15 is 0 Å². The van der Waals surface area contributed by atoms with Crippen LogP contribution in [0.25, 0.3) is 0 Å². The van der Waals surface area contributed by atoms with Gasteiger partial charge in [-0.15, -0.1) is 0 Å². The van der Waals surface area contributed by atoms with E-state index in [0.717, 1.165) is 5.69 Å². The predicted octanol–water partition coefficient (Wildman–Crippen LogP) is 2.57. The molecular formula is C13H20N2O4. The summed E-state index contributed by atoms with van der Waals surface area (Å²) in [7, 11) is 0. The molecule has 0 saturated carbocycles. The van der Waals surface area contributed by atoms with Crippen molar-refractivity contribution in [2.45, 2.75) is 32.7 Å². The lowest BCUT2D eigenvalue weighted by Crippen LogP contribution is -2.31. The Balaban J connectivity index is 2.98. The number of hydrogen-bond donors (Lipinski definition) is 2. The summed E-state index contributed by atoms with van der Waals surface area (Å²) in [6.45, 7) is 6.12. The molecule has 0 spiro atoms. The van der Waals surface area contributed by atoms with Gasteiger partial charge in [-0.05, 0) is 33.3 Å². The standard InChI is InChI=1S/C13H20N2O4/c1-4-19-12-9-10(5-6-11(12)15(17)18)14-13(2,3)7-8-16/h5-6,9,14,16H,4,7-8H2,1-3H3. The van der Waals surface area contributed by atoms with Crippen LogP contribution in [0, 0.1) is 10.1 Å². The van der Waals surface area contributed by atoms with Crippen LogP contribution in [0.3, 0.4) is 0 Å². The molecule has 6 heteroatoms. The fourth-order valence-electron chi connectivity index (χ4n) is 1.75. The molecule has 0 aromatic heterocycles. The molecule has 0 fully saturated rings. The van der Waals surface area contributed by atoms with Crippen molar-refractivity contribution in [2.75, 3.05) is 18.5 Å². The van der Waals surface area contributed by atoms with E-state index in [0.29, 0.717) is 13.0 Å². The predicted molar refractivity (Wildman–Crippen MR) is 73.7 cm³/mol. The third kappa shape index (κ3) is 4.40. The highest BCUT2D eigenvalue weighted by Crippen LogP contribution is 2.31. The van der Waals surface area contributed by atoms with Crippen molar-refractivity contribution in [2.24, 2.45) is 0 Å². The van der Waals surface area contributed by atoms with Gasteiger partial charge in [0.15, 0.2) is 5.75 Å². The Labute approximate surface area is 112 Å². The zero-order chi connectivity index (χ0) is 14.5. The number of nitro groups is 1. The Kier molecular flexibility index (Phi) is 5.11. The van der Waals surface area contributed by atoms with Gasteiger partial charge in [-0.25, -0.2) is 0 Å². The molecular weight excluding hydrogens is 248 g/mol. The maximum atomic E-state index is 10.9. The van der Waals surface area contributed by atoms with E-state index in [1.54, 1.807) is 19.1 Å². The second kappa shape index (κ2) is 6.38. The summed E-state index contributed by atoms with van der Waals surface area (Å²) in [6.07, 6.45) is 0.577. The van der Waals surface area contributed by atoms with E-state index < -0.39 is 4.92 Å². The van der Waals surface area contributed by atoms with Crippen molar-refractivity contribution in [1.29, 1.82) is 0 Å². The van der Waals surface area contributed by atoms with E-state index in [4.69, 9.17) is 9.84 Å². The molecule has 0 aliphatic heterocycles. The van der Waals surface area contributed by atoms with Crippen molar-refractivity contribution in [3.05, 3.63) is 28.3 Å². The number of aliphatic hydroxyl groups is 1. The van der Waals surface area contributed by atoms with Crippen LogP contribution < -0.4 is 10.1 Å². The summed E-state index contributed by atoms with van der Waals surface area (Å²) in [6, 6.07) is 4.67. The van der Waals surface area contributed by atoms with Gasteiger partial charge in [0.1, 0.15) is 0 Å². The third-order valence-electron chi connectivity index (χ3n) is 2.68. The minimum Gasteiger partial charge on any atom is -0.487 e. The summed E-state index contributed by atoms with van der Waals surface area (Å²) >= 11 is 0. The number of aliphatic hydroxyl groups excluding tert-OH is 1. The third-order valence-corrected chi connectivity index (χ3v) is 2.68. The molecule has 0 radical (unpaired) electrons. The Hall–Kier alpha value is -1.82. The second-order valence-electron chi connectivity index (χ2n) is 4.86. The Bertz CT molecular complexity index is 446. The van der Waals surface area contributed by atoms with Crippen molar-refractivity contribution < 1.29 is 14.8 Å². The Morgan fingerprint density at radius 3 is 2.68 bits per heavy atom. The van der Waals surface area contributed by atoms with Gasteiger partial charge >= 0.3 is 5.69 Å². The molecule has 0 unspecified atom stereocenters. The van der Waals surface area contributed by atoms with Gasteiger partial charge in [-0.2, -0.15) is 0 Å². The number of nitrogens with zero attached hydrogens (tertiary/aromatic N) is 1. The van der Waals surface area contributed by atoms with Crippen LogP contribution in [0.5, 0.6) is 5.75 Å². The fourth-order valence-corrected chi connectivity index (χ4v) is 1.75. The normalized spacial score (nSPS) is 11.2. The van der Waals surface area contributed by atoms with Crippen molar-refractivity contribution in [3.63, 3.8) is 0 Å². The monoisotopic (exact) mass is 268 g/mol. The molecule has 0 amide bonds. The summed E-state index contributed by atoms with van der Waals surface area (Å²) in [5.74, 6) is 0.247. The van der Waals surface area contributed by atoms with E-state index in [1.807, 2.05) is 13.8 Å². The maximum absolute atomic E-state index is 10.9. The Morgan fingerprint density at radius 1 is 1.47 bits per heavy atom. The van der Waals surface area contributed by atoms with Gasteiger partial charge in [0.2, 0.25) is 0 Å². The van der Waals surface area contributed by atoms with Gasteiger partial charge in [-0.3, -0.25) is 10.1 Å². The molecule has 6 nitrogen and oxygen atoms in total. The lowest BCUT2D eigenvalue weighted by molar-refractivity contribution is -0.385. The highest BCUT2D eigenvalue weighted by Gasteiger charge is 2.20. The van der Waals surface area contributed by atoms with Gasteiger partial charge in [0.05, 0.1) is 11.5 Å². The minimum atomic E-state index is -0.465. The maximum Gasteiger partial charge on any atom is 0.311 e. The molecule has 1 aromatic rings. The highest BCUT2D eigenvalue weighted by atomic mass is 16.6. The van der Waals surface area contributed by atoms with Crippen LogP contribution in [0.2, 0.25) is 0 Å². The van der Waals surface area contributed by atoms with E-state index in [1.165, 1.54) is 6.07 Å². The number of rotatable bonds is 7. The molecule has 0 aliphatic carbocycles. The average molecular weight is 268 g/mol. The molecule has 106 valence electrons. The molecule has 19 heavy (non-hydrogen) atoms. The first-order chi connectivity index (χ1) is 8.89. The SMILES string of the molecule is CCOc1cc(NC(C)(C)CCO)ccc1[N+](=O)[O-]. The fraction of sp³-hybridized carbons (Fsp3) is 0.538. The van der Waals surface area contributed by atoms with Gasteiger partial charge in [0.25, 0.3) is 0 Å². The van der Waals surface area contributed by atoms with Crippen LogP contribution in [0.15, 0.2) is 18.2 Å². The number of nitro benzene ring substituents is 1. The molecule has 1 rings (SSSR count). The smallest absolute Gasteiger partial charge is 0.311 e. The van der Waals surface area contributed by atoms with E-state index in [9.17, 15) is 10.1 Å². The quantitative estimate of drug-likeness (QED) is 0.586. The molecule has 2 N–H and O–H groups in total. The zero-order valence-electron chi connectivity index (χ0n) is 11.5. The summed E-state index contributed by atoms with van der Waals surface area (Å²) in [4.78, 5) is 10.4. The second-order valence-corrected chi connectivity index (χ2v) is 4.86. The molecule has 0 atom stereocenters. The number of hydrogen-bond acceptors (Lipinski definition) is 5. The molecule has 1 aromatic carbocycles. The van der Waals surface area contributed by atoms with Crippen molar-refractivity contribution in [1.82, 2.24) is 0 Å². The van der Waals surface area contributed by atoms with E-state index in [2.05, 4.69) is 5.32 Å². The van der Waals surface area contributed by atoms with E-state index in [-0.39, 0.29) is 23.6 Å². The van der Waals surface area contributed by atoms with Crippen LogP contribution >= 0.6 is 0 Å². The molecule has 0 aliphatic rings. The van der Waals surface area contributed by atoms with Crippen molar-refractivity contribution in [3.8, 4) is 5.75 Å². The van der Waals surface area contributed by atoms with Crippen LogP contribution in [0.1, 0.15) is 27.2 Å². The van der Waals surface area contributed by atoms with Crippen molar-refractivity contribution >= 4 is 11.4 Å². The molecule has 0 heterocycles. The molecule has 0 bridgehead atoms. The number of nitrogens with one attached hydrogen (secondary N) is 1. The first-order valence-electron chi connectivity index (χ1n) is 6.20. The first-order valence-corrected chi connectivity index (χ1v) is 6.20.